The van der Waals surface area contributed by atoms with Gasteiger partial charge in [0.05, 0.1) is 6.54 Å². The standard InChI is InChI=1S/C18H26N6O/c1-12(13-6-8-20-9-7-13)10-17(25)21-15-4-2-14(3-5-15)18-22-16(11-19)23-24-18/h2-5,12-13,20H,6-11,19H2,1H3,(H,21,25)(H,22,23,24). The van der Waals surface area contributed by atoms with Crippen LogP contribution in [-0.2, 0) is 11.3 Å². The summed E-state index contributed by atoms with van der Waals surface area (Å²) in [5.74, 6) is 2.38. The highest BCUT2D eigenvalue weighted by Crippen LogP contribution is 2.25. The molecule has 1 aliphatic rings. The molecule has 2 aromatic rings. The molecular weight excluding hydrogens is 316 g/mol. The van der Waals surface area contributed by atoms with Crippen LogP contribution in [0.4, 0.5) is 5.69 Å². The minimum atomic E-state index is 0.0714. The summed E-state index contributed by atoms with van der Waals surface area (Å²) in [4.78, 5) is 16.6. The van der Waals surface area contributed by atoms with Gasteiger partial charge in [-0.2, -0.15) is 5.10 Å². The molecule has 1 aromatic carbocycles. The molecule has 1 aromatic heterocycles. The Kier molecular flexibility index (Phi) is 5.78. The van der Waals surface area contributed by atoms with Gasteiger partial charge in [-0.25, -0.2) is 4.98 Å². The molecule has 1 fully saturated rings. The van der Waals surface area contributed by atoms with Gasteiger partial charge in [0, 0.05) is 17.7 Å². The zero-order valence-electron chi connectivity index (χ0n) is 14.6. The van der Waals surface area contributed by atoms with E-state index in [2.05, 4.69) is 32.7 Å². The number of hydrogen-bond acceptors (Lipinski definition) is 5. The number of rotatable bonds is 6. The van der Waals surface area contributed by atoms with E-state index in [4.69, 9.17) is 5.73 Å². The van der Waals surface area contributed by atoms with Crippen molar-refractivity contribution in [2.45, 2.75) is 32.7 Å². The zero-order chi connectivity index (χ0) is 17.6. The van der Waals surface area contributed by atoms with Crippen LogP contribution in [0.25, 0.3) is 11.4 Å². The summed E-state index contributed by atoms with van der Waals surface area (Å²) in [5.41, 5.74) is 7.21. The minimum absolute atomic E-state index is 0.0714. The summed E-state index contributed by atoms with van der Waals surface area (Å²) >= 11 is 0. The van der Waals surface area contributed by atoms with Crippen molar-refractivity contribution in [3.63, 3.8) is 0 Å². The lowest BCUT2D eigenvalue weighted by atomic mass is 9.84. The number of anilines is 1. The van der Waals surface area contributed by atoms with Crippen molar-refractivity contribution in [3.8, 4) is 11.4 Å². The van der Waals surface area contributed by atoms with Gasteiger partial charge >= 0.3 is 0 Å². The van der Waals surface area contributed by atoms with E-state index in [1.807, 2.05) is 24.3 Å². The summed E-state index contributed by atoms with van der Waals surface area (Å²) in [5, 5.41) is 13.3. The van der Waals surface area contributed by atoms with E-state index >= 15 is 0 Å². The first-order chi connectivity index (χ1) is 12.2. The highest BCUT2D eigenvalue weighted by atomic mass is 16.1. The average molecular weight is 342 g/mol. The smallest absolute Gasteiger partial charge is 0.224 e. The Hall–Kier alpha value is -2.25. The lowest BCUT2D eigenvalue weighted by Gasteiger charge is -2.27. The molecule has 0 aliphatic carbocycles. The van der Waals surface area contributed by atoms with E-state index < -0.39 is 0 Å². The van der Waals surface area contributed by atoms with Crippen molar-refractivity contribution in [3.05, 3.63) is 30.1 Å². The summed E-state index contributed by atoms with van der Waals surface area (Å²) in [7, 11) is 0. The summed E-state index contributed by atoms with van der Waals surface area (Å²) in [6.45, 7) is 4.63. The van der Waals surface area contributed by atoms with Crippen LogP contribution < -0.4 is 16.4 Å². The fourth-order valence-electron chi connectivity index (χ4n) is 3.30. The summed E-state index contributed by atoms with van der Waals surface area (Å²) < 4.78 is 0. The number of aromatic nitrogens is 3. The number of hydrogen-bond donors (Lipinski definition) is 4. The largest absolute Gasteiger partial charge is 0.326 e. The Bertz CT molecular complexity index is 690. The molecule has 1 saturated heterocycles. The second-order valence-corrected chi connectivity index (χ2v) is 6.70. The zero-order valence-corrected chi connectivity index (χ0v) is 14.6. The number of carbonyl (C=O) groups is 1. The third-order valence-electron chi connectivity index (χ3n) is 4.85. The Morgan fingerprint density at radius 3 is 2.68 bits per heavy atom. The molecule has 3 rings (SSSR count). The lowest BCUT2D eigenvalue weighted by molar-refractivity contribution is -0.117. The molecule has 1 amide bonds. The lowest BCUT2D eigenvalue weighted by Crippen LogP contribution is -2.32. The molecule has 25 heavy (non-hydrogen) atoms. The van der Waals surface area contributed by atoms with E-state index in [0.29, 0.717) is 36.5 Å². The first kappa shape index (κ1) is 17.6. The molecule has 0 radical (unpaired) electrons. The predicted octanol–water partition coefficient (Wildman–Crippen LogP) is 1.89. The second kappa shape index (κ2) is 8.22. The van der Waals surface area contributed by atoms with Gasteiger partial charge in [0.2, 0.25) is 5.91 Å². The highest BCUT2D eigenvalue weighted by Gasteiger charge is 2.22. The first-order valence-corrected chi connectivity index (χ1v) is 8.88. The van der Waals surface area contributed by atoms with E-state index in [9.17, 15) is 4.79 Å². The van der Waals surface area contributed by atoms with Crippen LogP contribution in [0.2, 0.25) is 0 Å². The normalized spacial score (nSPS) is 16.6. The van der Waals surface area contributed by atoms with Crippen LogP contribution in [0.1, 0.15) is 32.0 Å². The predicted molar refractivity (Wildman–Crippen MR) is 97.7 cm³/mol. The number of benzene rings is 1. The van der Waals surface area contributed by atoms with Gasteiger partial charge in [0.15, 0.2) is 5.82 Å². The number of H-pyrrole nitrogens is 1. The number of amides is 1. The van der Waals surface area contributed by atoms with Crippen LogP contribution in [0.15, 0.2) is 24.3 Å². The number of nitrogens with one attached hydrogen (secondary N) is 3. The van der Waals surface area contributed by atoms with Gasteiger partial charge in [0.1, 0.15) is 5.82 Å². The SMILES string of the molecule is CC(CC(=O)Nc1ccc(-c2n[nH]c(CN)n2)cc1)C1CCNCC1. The topological polar surface area (TPSA) is 109 Å². The van der Waals surface area contributed by atoms with Crippen molar-refractivity contribution in [2.24, 2.45) is 17.6 Å². The van der Waals surface area contributed by atoms with Crippen LogP contribution >= 0.6 is 0 Å². The Labute approximate surface area is 147 Å². The van der Waals surface area contributed by atoms with Crippen LogP contribution in [0, 0.1) is 11.8 Å². The molecule has 1 aliphatic heterocycles. The monoisotopic (exact) mass is 342 g/mol. The van der Waals surface area contributed by atoms with Gasteiger partial charge in [0.25, 0.3) is 0 Å². The van der Waals surface area contributed by atoms with Gasteiger partial charge in [-0.15, -0.1) is 0 Å². The fraction of sp³-hybridized carbons (Fsp3) is 0.500. The third-order valence-corrected chi connectivity index (χ3v) is 4.85. The number of aromatic amines is 1. The van der Waals surface area contributed by atoms with E-state index in [0.717, 1.165) is 37.2 Å². The number of piperidine rings is 1. The maximum Gasteiger partial charge on any atom is 0.224 e. The van der Waals surface area contributed by atoms with Crippen molar-refractivity contribution in [2.75, 3.05) is 18.4 Å². The number of carbonyl (C=O) groups excluding carboxylic acids is 1. The highest BCUT2D eigenvalue weighted by molar-refractivity contribution is 5.91. The molecule has 1 unspecified atom stereocenters. The van der Waals surface area contributed by atoms with Crippen LogP contribution in [0.5, 0.6) is 0 Å². The second-order valence-electron chi connectivity index (χ2n) is 6.70. The van der Waals surface area contributed by atoms with E-state index in [1.54, 1.807) is 0 Å². The number of nitrogens with zero attached hydrogens (tertiary/aromatic N) is 2. The van der Waals surface area contributed by atoms with Gasteiger partial charge in [-0.3, -0.25) is 9.89 Å². The molecule has 1 atom stereocenters. The molecule has 5 N–H and O–H groups in total. The van der Waals surface area contributed by atoms with E-state index in [-0.39, 0.29) is 5.91 Å². The first-order valence-electron chi connectivity index (χ1n) is 8.88. The van der Waals surface area contributed by atoms with E-state index in [1.165, 1.54) is 0 Å². The summed E-state index contributed by atoms with van der Waals surface area (Å²) in [6, 6.07) is 7.55. The molecule has 2 heterocycles. The van der Waals surface area contributed by atoms with Crippen molar-refractivity contribution in [1.82, 2.24) is 20.5 Å². The molecule has 7 nitrogen and oxygen atoms in total. The van der Waals surface area contributed by atoms with Gasteiger partial charge in [-0.1, -0.05) is 6.92 Å². The molecule has 7 heteroatoms. The third kappa shape index (κ3) is 4.64. The maximum absolute atomic E-state index is 12.3. The Morgan fingerprint density at radius 1 is 1.32 bits per heavy atom. The van der Waals surface area contributed by atoms with Crippen LogP contribution in [0.3, 0.4) is 0 Å². The Balaban J connectivity index is 1.54. The van der Waals surface area contributed by atoms with Crippen molar-refractivity contribution >= 4 is 11.6 Å². The molecule has 0 spiro atoms. The van der Waals surface area contributed by atoms with Gasteiger partial charge in [-0.05, 0) is 62.0 Å². The summed E-state index contributed by atoms with van der Waals surface area (Å²) in [6.07, 6.45) is 2.88. The molecule has 0 saturated carbocycles. The average Bonchev–Trinajstić information content (AvgIpc) is 3.12. The van der Waals surface area contributed by atoms with Gasteiger partial charge < -0.3 is 16.4 Å². The van der Waals surface area contributed by atoms with Crippen molar-refractivity contribution < 1.29 is 4.79 Å². The minimum Gasteiger partial charge on any atom is -0.326 e. The van der Waals surface area contributed by atoms with Crippen LogP contribution in [-0.4, -0.2) is 34.2 Å². The molecule has 0 bridgehead atoms. The fourth-order valence-corrected chi connectivity index (χ4v) is 3.30. The molecule has 134 valence electrons. The molecular formula is C18H26N6O. The maximum atomic E-state index is 12.3. The van der Waals surface area contributed by atoms with Crippen molar-refractivity contribution in [1.29, 1.82) is 0 Å². The Morgan fingerprint density at radius 2 is 2.04 bits per heavy atom. The number of nitrogens with two attached hydrogens (primary N) is 1. The quantitative estimate of drug-likeness (QED) is 0.641.